The number of fused-ring (bicyclic) bond motifs is 1. The third-order valence-corrected chi connectivity index (χ3v) is 2.98. The number of rotatable bonds is 3. The number of pyridine rings is 1. The van der Waals surface area contributed by atoms with Crippen molar-refractivity contribution in [2.75, 3.05) is 5.32 Å². The topological polar surface area (TPSA) is 42.7 Å². The van der Waals surface area contributed by atoms with Crippen molar-refractivity contribution in [1.82, 2.24) is 14.5 Å². The van der Waals surface area contributed by atoms with Crippen molar-refractivity contribution < 1.29 is 0 Å². The van der Waals surface area contributed by atoms with Crippen LogP contribution in [0.5, 0.6) is 0 Å². The van der Waals surface area contributed by atoms with Gasteiger partial charge in [0.2, 0.25) is 5.95 Å². The molecule has 0 spiro atoms. The number of imidazole rings is 1. The average Bonchev–Trinajstić information content (AvgIpc) is 2.85. The highest BCUT2D eigenvalue weighted by Crippen LogP contribution is 2.24. The van der Waals surface area contributed by atoms with Crippen LogP contribution in [-0.4, -0.2) is 20.6 Å². The van der Waals surface area contributed by atoms with Gasteiger partial charge in [-0.25, -0.2) is 4.98 Å². The predicted molar refractivity (Wildman–Crippen MR) is 77.6 cm³/mol. The maximum Gasteiger partial charge on any atom is 0.207 e. The van der Waals surface area contributed by atoms with Gasteiger partial charge >= 0.3 is 0 Å². The summed E-state index contributed by atoms with van der Waals surface area (Å²) >= 11 is 0. The van der Waals surface area contributed by atoms with Crippen LogP contribution >= 0.6 is 0 Å². The first-order valence-corrected chi connectivity index (χ1v) is 6.39. The van der Waals surface area contributed by atoms with Crippen molar-refractivity contribution in [2.24, 2.45) is 0 Å². The Hall–Kier alpha value is -2.36. The van der Waals surface area contributed by atoms with E-state index < -0.39 is 0 Å². The number of benzene rings is 1. The highest BCUT2D eigenvalue weighted by molar-refractivity contribution is 5.89. The fourth-order valence-corrected chi connectivity index (χ4v) is 2.18. The van der Waals surface area contributed by atoms with Gasteiger partial charge in [-0.15, -0.1) is 0 Å². The lowest BCUT2D eigenvalue weighted by Gasteiger charge is -2.13. The minimum Gasteiger partial charge on any atom is -0.353 e. The third-order valence-electron chi connectivity index (χ3n) is 2.98. The van der Waals surface area contributed by atoms with E-state index in [9.17, 15) is 0 Å². The lowest BCUT2D eigenvalue weighted by molar-refractivity contribution is 0.865. The molecule has 4 heteroatoms. The molecule has 0 radical (unpaired) electrons. The molecule has 0 atom stereocenters. The SMILES string of the molecule is CC(C)Nc1nccn1-c1cccc2cnccc12. The molecular formula is C15H16N4. The van der Waals surface area contributed by atoms with E-state index in [0.717, 1.165) is 17.0 Å². The number of hydrogen-bond donors (Lipinski definition) is 1. The Bertz CT molecular complexity index is 695. The van der Waals surface area contributed by atoms with E-state index in [1.54, 1.807) is 0 Å². The predicted octanol–water partition coefficient (Wildman–Crippen LogP) is 3.24. The molecular weight excluding hydrogens is 236 g/mol. The number of anilines is 1. The zero-order valence-electron chi connectivity index (χ0n) is 11.0. The fourth-order valence-electron chi connectivity index (χ4n) is 2.18. The first-order valence-electron chi connectivity index (χ1n) is 6.39. The van der Waals surface area contributed by atoms with Gasteiger partial charge in [0, 0.05) is 41.6 Å². The largest absolute Gasteiger partial charge is 0.353 e. The van der Waals surface area contributed by atoms with Crippen LogP contribution in [0.15, 0.2) is 49.1 Å². The minimum absolute atomic E-state index is 0.345. The van der Waals surface area contributed by atoms with Crippen LogP contribution in [0.4, 0.5) is 5.95 Å². The van der Waals surface area contributed by atoms with Gasteiger partial charge in [-0.2, -0.15) is 0 Å². The van der Waals surface area contributed by atoms with Crippen molar-refractivity contribution in [3.8, 4) is 5.69 Å². The van der Waals surface area contributed by atoms with Gasteiger partial charge in [0.25, 0.3) is 0 Å². The van der Waals surface area contributed by atoms with Crippen LogP contribution < -0.4 is 5.32 Å². The maximum absolute atomic E-state index is 4.38. The molecule has 0 amide bonds. The molecule has 0 bridgehead atoms. The van der Waals surface area contributed by atoms with Crippen molar-refractivity contribution >= 4 is 16.7 Å². The Morgan fingerprint density at radius 3 is 2.89 bits per heavy atom. The highest BCUT2D eigenvalue weighted by atomic mass is 15.2. The van der Waals surface area contributed by atoms with Gasteiger partial charge in [-0.05, 0) is 26.0 Å². The van der Waals surface area contributed by atoms with E-state index >= 15 is 0 Å². The van der Waals surface area contributed by atoms with Gasteiger partial charge < -0.3 is 5.32 Å². The van der Waals surface area contributed by atoms with E-state index in [2.05, 4.69) is 45.8 Å². The summed E-state index contributed by atoms with van der Waals surface area (Å²) in [6, 6.07) is 8.58. The molecule has 1 aromatic carbocycles. The van der Waals surface area contributed by atoms with Crippen LogP contribution in [0.2, 0.25) is 0 Å². The number of aromatic nitrogens is 3. The molecule has 3 rings (SSSR count). The summed E-state index contributed by atoms with van der Waals surface area (Å²) in [6.45, 7) is 4.21. The Balaban J connectivity index is 2.17. The van der Waals surface area contributed by atoms with E-state index in [0.29, 0.717) is 6.04 Å². The molecule has 0 saturated carbocycles. The first kappa shape index (κ1) is 11.7. The molecule has 2 aromatic heterocycles. The van der Waals surface area contributed by atoms with Gasteiger partial charge in [-0.3, -0.25) is 9.55 Å². The molecule has 0 aliphatic heterocycles. The van der Waals surface area contributed by atoms with Gasteiger partial charge in [0.05, 0.1) is 5.69 Å². The summed E-state index contributed by atoms with van der Waals surface area (Å²) in [5.74, 6) is 0.860. The molecule has 0 saturated heterocycles. The van der Waals surface area contributed by atoms with Crippen LogP contribution in [-0.2, 0) is 0 Å². The first-order chi connectivity index (χ1) is 9.25. The van der Waals surface area contributed by atoms with Crippen molar-refractivity contribution in [3.63, 3.8) is 0 Å². The summed E-state index contributed by atoms with van der Waals surface area (Å²) in [6.07, 6.45) is 7.48. The van der Waals surface area contributed by atoms with Crippen LogP contribution in [0.3, 0.4) is 0 Å². The van der Waals surface area contributed by atoms with Crippen molar-refractivity contribution in [3.05, 3.63) is 49.1 Å². The second kappa shape index (κ2) is 4.72. The van der Waals surface area contributed by atoms with Crippen LogP contribution in [0.25, 0.3) is 16.5 Å². The molecule has 4 nitrogen and oxygen atoms in total. The maximum atomic E-state index is 4.38. The molecule has 0 aliphatic rings. The highest BCUT2D eigenvalue weighted by Gasteiger charge is 2.08. The van der Waals surface area contributed by atoms with E-state index in [1.165, 1.54) is 5.39 Å². The van der Waals surface area contributed by atoms with Gasteiger partial charge in [0.1, 0.15) is 0 Å². The molecule has 3 aromatic rings. The summed E-state index contributed by atoms with van der Waals surface area (Å²) in [5, 5.41) is 5.65. The molecule has 1 N–H and O–H groups in total. The molecule has 0 fully saturated rings. The van der Waals surface area contributed by atoms with Gasteiger partial charge in [-0.1, -0.05) is 12.1 Å². The summed E-state index contributed by atoms with van der Waals surface area (Å²) in [7, 11) is 0. The molecule has 19 heavy (non-hydrogen) atoms. The van der Waals surface area contributed by atoms with Crippen molar-refractivity contribution in [1.29, 1.82) is 0 Å². The smallest absolute Gasteiger partial charge is 0.207 e. The Morgan fingerprint density at radius 1 is 1.16 bits per heavy atom. The van der Waals surface area contributed by atoms with E-state index in [4.69, 9.17) is 0 Å². The second-order valence-corrected chi connectivity index (χ2v) is 4.79. The minimum atomic E-state index is 0.345. The van der Waals surface area contributed by atoms with E-state index in [-0.39, 0.29) is 0 Å². The quantitative estimate of drug-likeness (QED) is 0.778. The number of nitrogens with zero attached hydrogens (tertiary/aromatic N) is 3. The van der Waals surface area contributed by atoms with Crippen molar-refractivity contribution in [2.45, 2.75) is 19.9 Å². The van der Waals surface area contributed by atoms with E-state index in [1.807, 2.05) is 36.9 Å². The molecule has 2 heterocycles. The zero-order valence-corrected chi connectivity index (χ0v) is 11.0. The molecule has 0 unspecified atom stereocenters. The standard InChI is InChI=1S/C15H16N4/c1-11(2)18-15-17-8-9-19(15)14-5-3-4-12-10-16-7-6-13(12)14/h3-11H,1-2H3,(H,17,18). The van der Waals surface area contributed by atoms with Crippen LogP contribution in [0.1, 0.15) is 13.8 Å². The summed E-state index contributed by atoms with van der Waals surface area (Å²) < 4.78 is 2.07. The Kier molecular flexibility index (Phi) is 2.91. The lowest BCUT2D eigenvalue weighted by atomic mass is 10.1. The Labute approximate surface area is 112 Å². The summed E-state index contributed by atoms with van der Waals surface area (Å²) in [4.78, 5) is 8.54. The second-order valence-electron chi connectivity index (χ2n) is 4.79. The van der Waals surface area contributed by atoms with Gasteiger partial charge in [0.15, 0.2) is 0 Å². The average molecular weight is 252 g/mol. The zero-order chi connectivity index (χ0) is 13.2. The Morgan fingerprint density at radius 2 is 2.05 bits per heavy atom. The van der Waals surface area contributed by atoms with Crippen LogP contribution in [0, 0.1) is 0 Å². The fraction of sp³-hybridized carbons (Fsp3) is 0.200. The monoisotopic (exact) mass is 252 g/mol. The number of hydrogen-bond acceptors (Lipinski definition) is 3. The normalized spacial score (nSPS) is 11.1. The third kappa shape index (κ3) is 2.17. The molecule has 0 aliphatic carbocycles. The number of nitrogens with one attached hydrogen (secondary N) is 1. The summed E-state index contributed by atoms with van der Waals surface area (Å²) in [5.41, 5.74) is 1.11. The molecule has 96 valence electrons. The lowest BCUT2D eigenvalue weighted by Crippen LogP contribution is -2.14.